The van der Waals surface area contributed by atoms with E-state index in [-0.39, 0.29) is 23.7 Å². The minimum atomic E-state index is -0.291. The summed E-state index contributed by atoms with van der Waals surface area (Å²) in [6, 6.07) is 18.4. The smallest absolute Gasteiger partial charge is 0.223 e. The normalized spacial score (nSPS) is 15.5. The van der Waals surface area contributed by atoms with Crippen LogP contribution >= 0.6 is 0 Å². The number of halogens is 1. The fourth-order valence-corrected chi connectivity index (χ4v) is 3.94. The van der Waals surface area contributed by atoms with Gasteiger partial charge in [0.1, 0.15) is 5.82 Å². The van der Waals surface area contributed by atoms with Gasteiger partial charge >= 0.3 is 0 Å². The molecule has 1 amide bonds. The molecule has 0 radical (unpaired) electrons. The Labute approximate surface area is 182 Å². The van der Waals surface area contributed by atoms with Crippen LogP contribution in [0.4, 0.5) is 10.2 Å². The van der Waals surface area contributed by atoms with Gasteiger partial charge in [-0.15, -0.1) is 10.2 Å². The first-order valence-electron chi connectivity index (χ1n) is 10.7. The number of anilines is 1. The van der Waals surface area contributed by atoms with Gasteiger partial charge in [-0.05, 0) is 56.5 Å². The van der Waals surface area contributed by atoms with Gasteiger partial charge in [-0.25, -0.2) is 4.39 Å². The second kappa shape index (κ2) is 9.25. The fourth-order valence-electron chi connectivity index (χ4n) is 3.94. The Balaban J connectivity index is 1.32. The Kier molecular flexibility index (Phi) is 6.26. The zero-order chi connectivity index (χ0) is 21.8. The van der Waals surface area contributed by atoms with Gasteiger partial charge in [-0.2, -0.15) is 0 Å². The third kappa shape index (κ3) is 5.08. The number of rotatable bonds is 5. The Bertz CT molecular complexity index is 1030. The highest BCUT2D eigenvalue weighted by molar-refractivity contribution is 5.79. The van der Waals surface area contributed by atoms with Gasteiger partial charge in [-0.3, -0.25) is 4.79 Å². The van der Waals surface area contributed by atoms with Gasteiger partial charge in [0.25, 0.3) is 0 Å². The molecule has 6 heteroatoms. The number of aromatic nitrogens is 2. The van der Waals surface area contributed by atoms with Crippen LogP contribution in [-0.4, -0.2) is 29.2 Å². The standard InChI is InChI=1S/C25H27FN4O/c1-17-6-8-19(9-7-17)18(2)27-25(31)20-12-14-30(15-13-20)24-11-10-23(28-29-24)21-4-3-5-22(26)16-21/h3-11,16,18,20H,12-15H2,1-2H3,(H,27,31)/t18-/m1/s1. The van der Waals surface area contributed by atoms with Crippen molar-refractivity contribution < 1.29 is 9.18 Å². The third-order valence-electron chi connectivity index (χ3n) is 5.90. The molecule has 4 rings (SSSR count). The molecular formula is C25H27FN4O. The van der Waals surface area contributed by atoms with Crippen molar-refractivity contribution in [2.24, 2.45) is 5.92 Å². The lowest BCUT2D eigenvalue weighted by molar-refractivity contribution is -0.126. The average molecular weight is 419 g/mol. The summed E-state index contributed by atoms with van der Waals surface area (Å²) in [5.74, 6) is 0.608. The van der Waals surface area contributed by atoms with Crippen LogP contribution in [0.2, 0.25) is 0 Å². The second-order valence-corrected chi connectivity index (χ2v) is 8.19. The predicted octanol–water partition coefficient (Wildman–Crippen LogP) is 4.68. The van der Waals surface area contributed by atoms with Crippen molar-refractivity contribution in [1.29, 1.82) is 0 Å². The van der Waals surface area contributed by atoms with Crippen molar-refractivity contribution in [1.82, 2.24) is 15.5 Å². The highest BCUT2D eigenvalue weighted by Crippen LogP contribution is 2.24. The summed E-state index contributed by atoms with van der Waals surface area (Å²) in [5, 5.41) is 11.7. The third-order valence-corrected chi connectivity index (χ3v) is 5.90. The van der Waals surface area contributed by atoms with Crippen LogP contribution in [0.3, 0.4) is 0 Å². The monoisotopic (exact) mass is 418 g/mol. The van der Waals surface area contributed by atoms with Crippen molar-refractivity contribution >= 4 is 11.7 Å². The van der Waals surface area contributed by atoms with E-state index >= 15 is 0 Å². The van der Waals surface area contributed by atoms with Crippen LogP contribution < -0.4 is 10.2 Å². The van der Waals surface area contributed by atoms with Crippen molar-refractivity contribution in [2.45, 2.75) is 32.7 Å². The quantitative estimate of drug-likeness (QED) is 0.653. The Morgan fingerprint density at radius 1 is 1.06 bits per heavy atom. The molecule has 1 aromatic heterocycles. The molecule has 2 aromatic carbocycles. The number of nitrogens with one attached hydrogen (secondary N) is 1. The zero-order valence-corrected chi connectivity index (χ0v) is 17.9. The molecule has 1 N–H and O–H groups in total. The maximum absolute atomic E-state index is 13.4. The predicted molar refractivity (Wildman–Crippen MR) is 120 cm³/mol. The summed E-state index contributed by atoms with van der Waals surface area (Å²) < 4.78 is 13.4. The van der Waals surface area contributed by atoms with E-state index in [4.69, 9.17) is 0 Å². The Hall–Kier alpha value is -3.28. The number of aryl methyl sites for hydroxylation is 1. The van der Waals surface area contributed by atoms with Crippen molar-refractivity contribution in [3.05, 3.63) is 77.6 Å². The number of hydrogen-bond acceptors (Lipinski definition) is 4. The van der Waals surface area contributed by atoms with Gasteiger partial charge in [0, 0.05) is 24.6 Å². The number of hydrogen-bond donors (Lipinski definition) is 1. The molecular weight excluding hydrogens is 391 g/mol. The second-order valence-electron chi connectivity index (χ2n) is 8.19. The van der Waals surface area contributed by atoms with Crippen molar-refractivity contribution in [2.75, 3.05) is 18.0 Å². The van der Waals surface area contributed by atoms with Gasteiger partial charge in [0.05, 0.1) is 11.7 Å². The molecule has 0 aliphatic carbocycles. The molecule has 0 bridgehead atoms. The first-order chi connectivity index (χ1) is 15.0. The van der Waals surface area contributed by atoms with Crippen molar-refractivity contribution in [3.8, 4) is 11.3 Å². The van der Waals surface area contributed by atoms with Crippen LogP contribution in [0.5, 0.6) is 0 Å². The number of nitrogens with zero attached hydrogens (tertiary/aromatic N) is 3. The SMILES string of the molecule is Cc1ccc([C@@H](C)NC(=O)C2CCN(c3ccc(-c4cccc(F)c4)nn3)CC2)cc1. The molecule has 0 unspecified atom stereocenters. The van der Waals surface area contributed by atoms with E-state index in [1.807, 2.05) is 25.1 Å². The molecule has 1 fully saturated rings. The summed E-state index contributed by atoms with van der Waals surface area (Å²) in [6.07, 6.45) is 1.56. The maximum atomic E-state index is 13.4. The van der Waals surface area contributed by atoms with E-state index in [0.717, 1.165) is 37.3 Å². The average Bonchev–Trinajstić information content (AvgIpc) is 2.80. The summed E-state index contributed by atoms with van der Waals surface area (Å²) in [5.41, 5.74) is 3.67. The van der Waals surface area contributed by atoms with Gasteiger partial charge in [-0.1, -0.05) is 42.0 Å². The molecule has 31 heavy (non-hydrogen) atoms. The lowest BCUT2D eigenvalue weighted by Crippen LogP contribution is -2.41. The van der Waals surface area contributed by atoms with E-state index in [0.29, 0.717) is 11.3 Å². The van der Waals surface area contributed by atoms with E-state index in [9.17, 15) is 9.18 Å². The van der Waals surface area contributed by atoms with E-state index in [1.165, 1.54) is 17.7 Å². The summed E-state index contributed by atoms with van der Waals surface area (Å²) in [7, 11) is 0. The molecule has 0 spiro atoms. The largest absolute Gasteiger partial charge is 0.355 e. The minimum Gasteiger partial charge on any atom is -0.355 e. The highest BCUT2D eigenvalue weighted by atomic mass is 19.1. The van der Waals surface area contributed by atoms with E-state index in [1.54, 1.807) is 6.07 Å². The molecule has 0 saturated carbocycles. The summed E-state index contributed by atoms with van der Waals surface area (Å²) in [4.78, 5) is 14.9. The molecule has 5 nitrogen and oxygen atoms in total. The lowest BCUT2D eigenvalue weighted by Gasteiger charge is -2.32. The number of benzene rings is 2. The molecule has 3 aromatic rings. The number of amides is 1. The fraction of sp³-hybridized carbons (Fsp3) is 0.320. The first-order valence-corrected chi connectivity index (χ1v) is 10.7. The van der Waals surface area contributed by atoms with Crippen molar-refractivity contribution in [3.63, 3.8) is 0 Å². The van der Waals surface area contributed by atoms with Crippen LogP contribution in [0.25, 0.3) is 11.3 Å². The van der Waals surface area contributed by atoms with E-state index in [2.05, 4.69) is 51.6 Å². The van der Waals surface area contributed by atoms with Crippen LogP contribution in [-0.2, 0) is 4.79 Å². The molecule has 160 valence electrons. The minimum absolute atomic E-state index is 0.00340. The zero-order valence-electron chi connectivity index (χ0n) is 17.9. The van der Waals surface area contributed by atoms with Crippen LogP contribution in [0.15, 0.2) is 60.7 Å². The molecule has 1 saturated heterocycles. The van der Waals surface area contributed by atoms with Gasteiger partial charge < -0.3 is 10.2 Å². The Morgan fingerprint density at radius 2 is 1.81 bits per heavy atom. The van der Waals surface area contributed by atoms with Gasteiger partial charge in [0.2, 0.25) is 5.91 Å². The van der Waals surface area contributed by atoms with Gasteiger partial charge in [0.15, 0.2) is 5.82 Å². The number of carbonyl (C=O) groups is 1. The van der Waals surface area contributed by atoms with E-state index < -0.39 is 0 Å². The maximum Gasteiger partial charge on any atom is 0.223 e. The molecule has 1 aliphatic heterocycles. The van der Waals surface area contributed by atoms with Crippen LogP contribution in [0, 0.1) is 18.7 Å². The number of piperidine rings is 1. The summed E-state index contributed by atoms with van der Waals surface area (Å²) >= 11 is 0. The number of carbonyl (C=O) groups excluding carboxylic acids is 1. The molecule has 1 aliphatic rings. The highest BCUT2D eigenvalue weighted by Gasteiger charge is 2.26. The first kappa shape index (κ1) is 21.0. The van der Waals surface area contributed by atoms with Crippen LogP contribution in [0.1, 0.15) is 36.9 Å². The molecule has 2 heterocycles. The topological polar surface area (TPSA) is 58.1 Å². The summed E-state index contributed by atoms with van der Waals surface area (Å²) in [6.45, 7) is 5.59. The Morgan fingerprint density at radius 3 is 2.45 bits per heavy atom. The molecule has 1 atom stereocenters. The lowest BCUT2D eigenvalue weighted by atomic mass is 9.95.